The van der Waals surface area contributed by atoms with Crippen molar-refractivity contribution in [2.75, 3.05) is 25.0 Å². The largest absolute Gasteiger partial charge is 0.494 e. The van der Waals surface area contributed by atoms with Crippen LogP contribution in [0.25, 0.3) is 27.6 Å². The van der Waals surface area contributed by atoms with E-state index < -0.39 is 0 Å². The standard InChI is InChI=1S/C33H37N7O2/c1-23(2)37-16-13-26(14-17-37)38-18-12-24-20-25(10-11-30(24)38)35-33-34-22-29-31(36-33)40-27-8-7-9-28(21-27)42-19-6-4-3-5-15-39(40)32(29)41/h3,5,7-12,18,20-23,26H,4,6,13-17,19H2,1-2H3,(H,34,35,36)/b5-3-. The second kappa shape index (κ2) is 11.1. The first kappa shape index (κ1) is 26.5. The molecular formula is C33H37N7O2. The smallest absolute Gasteiger partial charge is 0.278 e. The van der Waals surface area contributed by atoms with Crippen LogP contribution in [0.3, 0.4) is 0 Å². The van der Waals surface area contributed by atoms with Crippen molar-refractivity contribution < 1.29 is 4.74 Å². The van der Waals surface area contributed by atoms with Gasteiger partial charge in [-0.1, -0.05) is 18.2 Å². The molecule has 2 bridgehead atoms. The van der Waals surface area contributed by atoms with Gasteiger partial charge in [0.05, 0.1) is 18.8 Å². The lowest BCUT2D eigenvalue weighted by Gasteiger charge is -2.35. The molecular weight excluding hydrogens is 526 g/mol. The Morgan fingerprint density at radius 2 is 1.93 bits per heavy atom. The van der Waals surface area contributed by atoms with Gasteiger partial charge in [0.1, 0.15) is 11.1 Å². The van der Waals surface area contributed by atoms with E-state index in [1.807, 2.05) is 35.0 Å². The van der Waals surface area contributed by atoms with Crippen molar-refractivity contribution in [3.8, 4) is 11.4 Å². The predicted octanol–water partition coefficient (Wildman–Crippen LogP) is 6.05. The molecule has 0 radical (unpaired) electrons. The Morgan fingerprint density at radius 1 is 1.05 bits per heavy atom. The highest BCUT2D eigenvalue weighted by molar-refractivity contribution is 5.85. The van der Waals surface area contributed by atoms with E-state index in [9.17, 15) is 4.79 Å². The molecule has 0 atom stereocenters. The summed E-state index contributed by atoms with van der Waals surface area (Å²) in [4.78, 5) is 25.4. The van der Waals surface area contributed by atoms with Crippen LogP contribution in [0.5, 0.6) is 5.75 Å². The Bertz CT molecular complexity index is 1820. The van der Waals surface area contributed by atoms with E-state index in [1.165, 1.54) is 23.7 Å². The summed E-state index contributed by atoms with van der Waals surface area (Å²) >= 11 is 0. The molecule has 9 nitrogen and oxygen atoms in total. The Balaban J connectivity index is 1.20. The summed E-state index contributed by atoms with van der Waals surface area (Å²) in [5.41, 5.74) is 3.41. The Labute approximate surface area is 245 Å². The molecule has 1 N–H and O–H groups in total. The van der Waals surface area contributed by atoms with Crippen LogP contribution in [0.15, 0.2) is 77.9 Å². The van der Waals surface area contributed by atoms with Crippen LogP contribution >= 0.6 is 0 Å². The monoisotopic (exact) mass is 563 g/mol. The Kier molecular flexibility index (Phi) is 7.03. The second-order valence-electron chi connectivity index (χ2n) is 11.6. The highest BCUT2D eigenvalue weighted by atomic mass is 16.5. The van der Waals surface area contributed by atoms with Crippen LogP contribution in [0.4, 0.5) is 11.6 Å². The average Bonchev–Trinajstić information content (AvgIpc) is 3.54. The maximum atomic E-state index is 13.5. The third-order valence-corrected chi connectivity index (χ3v) is 8.57. The fourth-order valence-electron chi connectivity index (χ4n) is 6.27. The molecule has 2 aliphatic heterocycles. The molecule has 5 aromatic rings. The molecule has 42 heavy (non-hydrogen) atoms. The van der Waals surface area contributed by atoms with Crippen LogP contribution in [0.1, 0.15) is 45.6 Å². The lowest BCUT2D eigenvalue weighted by molar-refractivity contribution is 0.153. The molecule has 0 unspecified atom stereocenters. The van der Waals surface area contributed by atoms with E-state index in [2.05, 4.69) is 70.2 Å². The number of likely N-dealkylation sites (tertiary alicyclic amines) is 1. The quantitative estimate of drug-likeness (QED) is 0.268. The molecule has 2 aliphatic rings. The molecule has 3 aromatic heterocycles. The summed E-state index contributed by atoms with van der Waals surface area (Å²) < 4.78 is 12.0. The average molecular weight is 564 g/mol. The highest BCUT2D eigenvalue weighted by Crippen LogP contribution is 2.30. The maximum Gasteiger partial charge on any atom is 0.278 e. The van der Waals surface area contributed by atoms with Crippen molar-refractivity contribution >= 4 is 33.6 Å². The SMILES string of the molecule is CC(C)N1CCC(n2ccc3cc(Nc4ncc5c(=O)n6n(c5n4)-c4cccc(c4)OCCC/C=C\C6)ccc32)CC1. The van der Waals surface area contributed by atoms with E-state index in [0.29, 0.717) is 42.2 Å². The zero-order chi connectivity index (χ0) is 28.6. The van der Waals surface area contributed by atoms with E-state index >= 15 is 0 Å². The van der Waals surface area contributed by atoms with Crippen molar-refractivity contribution in [3.05, 3.63) is 83.4 Å². The van der Waals surface area contributed by atoms with Crippen molar-refractivity contribution in [3.63, 3.8) is 0 Å². The van der Waals surface area contributed by atoms with Crippen LogP contribution < -0.4 is 15.6 Å². The van der Waals surface area contributed by atoms with E-state index in [-0.39, 0.29) is 5.56 Å². The number of benzene rings is 2. The number of fused-ring (bicyclic) bond motifs is 7. The fraction of sp³-hybridized carbons (Fsp3) is 0.364. The summed E-state index contributed by atoms with van der Waals surface area (Å²) in [6.45, 7) is 7.94. The minimum absolute atomic E-state index is 0.119. The predicted molar refractivity (Wildman–Crippen MR) is 167 cm³/mol. The van der Waals surface area contributed by atoms with Gasteiger partial charge in [0.25, 0.3) is 5.56 Å². The number of hydrogen-bond acceptors (Lipinski definition) is 6. The molecule has 2 aromatic carbocycles. The van der Waals surface area contributed by atoms with Gasteiger partial charge in [0.15, 0.2) is 5.65 Å². The molecule has 5 heterocycles. The minimum atomic E-state index is -0.119. The minimum Gasteiger partial charge on any atom is -0.494 e. The molecule has 0 spiro atoms. The lowest BCUT2D eigenvalue weighted by atomic mass is 10.0. The number of rotatable bonds is 4. The van der Waals surface area contributed by atoms with Gasteiger partial charge in [-0.05, 0) is 75.9 Å². The molecule has 9 heteroatoms. The number of allylic oxidation sites excluding steroid dienone is 2. The number of nitrogens with zero attached hydrogens (tertiary/aromatic N) is 6. The summed E-state index contributed by atoms with van der Waals surface area (Å²) in [5.74, 6) is 1.22. The first-order chi connectivity index (χ1) is 20.5. The van der Waals surface area contributed by atoms with Gasteiger partial charge in [-0.2, -0.15) is 4.98 Å². The summed E-state index contributed by atoms with van der Waals surface area (Å²) in [5, 5.41) is 5.04. The first-order valence-electron chi connectivity index (χ1n) is 15.0. The number of piperidine rings is 1. The van der Waals surface area contributed by atoms with Crippen molar-refractivity contribution in [2.45, 2.75) is 58.2 Å². The topological polar surface area (TPSA) is 82.1 Å². The normalized spacial score (nSPS) is 17.5. The van der Waals surface area contributed by atoms with Crippen molar-refractivity contribution in [1.82, 2.24) is 28.8 Å². The van der Waals surface area contributed by atoms with E-state index in [4.69, 9.17) is 9.72 Å². The molecule has 0 amide bonds. The van der Waals surface area contributed by atoms with Gasteiger partial charge in [0, 0.05) is 60.2 Å². The van der Waals surface area contributed by atoms with E-state index in [0.717, 1.165) is 43.1 Å². The summed E-state index contributed by atoms with van der Waals surface area (Å²) in [6, 6.07) is 17.5. The molecule has 7 rings (SSSR count). The van der Waals surface area contributed by atoms with Gasteiger partial charge in [0.2, 0.25) is 5.95 Å². The van der Waals surface area contributed by atoms with Crippen LogP contribution in [-0.4, -0.2) is 54.5 Å². The summed E-state index contributed by atoms with van der Waals surface area (Å²) in [7, 11) is 0. The summed E-state index contributed by atoms with van der Waals surface area (Å²) in [6.07, 6.45) is 12.1. The number of ether oxygens (including phenoxy) is 1. The van der Waals surface area contributed by atoms with Crippen LogP contribution in [0.2, 0.25) is 0 Å². The van der Waals surface area contributed by atoms with Gasteiger partial charge in [-0.15, -0.1) is 0 Å². The molecule has 216 valence electrons. The zero-order valence-corrected chi connectivity index (χ0v) is 24.2. The third kappa shape index (κ3) is 4.98. The third-order valence-electron chi connectivity index (χ3n) is 8.57. The fourth-order valence-corrected chi connectivity index (χ4v) is 6.27. The molecule has 1 fully saturated rings. The number of anilines is 2. The Hall–Kier alpha value is -4.37. The van der Waals surface area contributed by atoms with Crippen molar-refractivity contribution in [2.24, 2.45) is 0 Å². The van der Waals surface area contributed by atoms with Gasteiger partial charge >= 0.3 is 0 Å². The van der Waals surface area contributed by atoms with Crippen LogP contribution in [0, 0.1) is 0 Å². The maximum absolute atomic E-state index is 13.5. The Morgan fingerprint density at radius 3 is 2.79 bits per heavy atom. The van der Waals surface area contributed by atoms with Gasteiger partial charge in [-0.25, -0.2) is 14.3 Å². The first-order valence-corrected chi connectivity index (χ1v) is 15.0. The van der Waals surface area contributed by atoms with Crippen molar-refractivity contribution in [1.29, 1.82) is 0 Å². The number of nitrogens with one attached hydrogen (secondary N) is 1. The highest BCUT2D eigenvalue weighted by Gasteiger charge is 2.23. The zero-order valence-electron chi connectivity index (χ0n) is 24.2. The number of hydrogen-bond donors (Lipinski definition) is 1. The second-order valence-corrected chi connectivity index (χ2v) is 11.6. The molecule has 0 saturated carbocycles. The van der Waals surface area contributed by atoms with E-state index in [1.54, 1.807) is 10.9 Å². The van der Waals surface area contributed by atoms with Gasteiger partial charge < -0.3 is 19.5 Å². The molecule has 0 aliphatic carbocycles. The lowest BCUT2D eigenvalue weighted by Crippen LogP contribution is -2.38. The van der Waals surface area contributed by atoms with Gasteiger partial charge in [-0.3, -0.25) is 4.79 Å². The number of aromatic nitrogens is 5. The molecule has 1 saturated heterocycles. The van der Waals surface area contributed by atoms with Crippen LogP contribution in [-0.2, 0) is 6.54 Å².